The molecule has 0 bridgehead atoms. The molecule has 1 aromatic heterocycles. The second-order valence-corrected chi connectivity index (χ2v) is 6.97. The number of carbonyl (C=O) groups excluding carboxylic acids is 2. The van der Waals surface area contributed by atoms with Crippen LogP contribution in [0.4, 0.5) is 10.1 Å². The maximum absolute atomic E-state index is 13.7. The third-order valence-electron chi connectivity index (χ3n) is 5.20. The lowest BCUT2D eigenvalue weighted by atomic mass is 9.85. The van der Waals surface area contributed by atoms with Gasteiger partial charge in [0, 0.05) is 22.5 Å². The van der Waals surface area contributed by atoms with Crippen LogP contribution in [0.15, 0.2) is 42.5 Å². The Morgan fingerprint density at radius 2 is 2.07 bits per heavy atom. The molecule has 2 aromatic carbocycles. The van der Waals surface area contributed by atoms with E-state index in [-0.39, 0.29) is 24.2 Å². The summed E-state index contributed by atoms with van der Waals surface area (Å²) in [5, 5.41) is 3.71. The van der Waals surface area contributed by atoms with Gasteiger partial charge >= 0.3 is 5.97 Å². The molecule has 0 fully saturated rings. The first kappa shape index (κ1) is 18.2. The van der Waals surface area contributed by atoms with Crippen LogP contribution < -0.4 is 5.32 Å². The van der Waals surface area contributed by atoms with Crippen molar-refractivity contribution in [2.75, 3.05) is 11.9 Å². The number of fused-ring (bicyclic) bond motifs is 3. The number of anilines is 1. The number of H-pyrrole nitrogens is 1. The molecule has 0 aliphatic heterocycles. The van der Waals surface area contributed by atoms with Crippen molar-refractivity contribution in [3.05, 3.63) is 65.1 Å². The van der Waals surface area contributed by atoms with E-state index in [1.54, 1.807) is 37.3 Å². The van der Waals surface area contributed by atoms with Gasteiger partial charge in [0.05, 0.1) is 17.9 Å². The summed E-state index contributed by atoms with van der Waals surface area (Å²) in [7, 11) is 0. The average molecular weight is 380 g/mol. The number of ether oxygens (including phenoxy) is 1. The lowest BCUT2D eigenvalue weighted by Gasteiger charge is -2.22. The van der Waals surface area contributed by atoms with E-state index in [0.717, 1.165) is 28.6 Å². The smallest absolute Gasteiger partial charge is 0.340 e. The first-order valence-corrected chi connectivity index (χ1v) is 9.42. The highest BCUT2D eigenvalue weighted by Crippen LogP contribution is 2.33. The Morgan fingerprint density at radius 3 is 2.89 bits per heavy atom. The van der Waals surface area contributed by atoms with Gasteiger partial charge in [0.25, 0.3) is 0 Å². The van der Waals surface area contributed by atoms with Crippen molar-refractivity contribution in [3.63, 3.8) is 0 Å². The maximum Gasteiger partial charge on any atom is 0.340 e. The Hall–Kier alpha value is -3.15. The quantitative estimate of drug-likeness (QED) is 0.666. The topological polar surface area (TPSA) is 71.2 Å². The minimum atomic E-state index is -0.462. The molecule has 28 heavy (non-hydrogen) atoms. The number of aromatic amines is 1. The summed E-state index contributed by atoms with van der Waals surface area (Å²) >= 11 is 0. The SMILES string of the molecule is CCOC(=O)c1ccccc1NC(=O)C1CCc2[nH]c3ccc(F)cc3c2C1. The minimum absolute atomic E-state index is 0.145. The monoisotopic (exact) mass is 380 g/mol. The van der Waals surface area contributed by atoms with Gasteiger partial charge in [-0.25, -0.2) is 9.18 Å². The summed E-state index contributed by atoms with van der Waals surface area (Å²) in [6, 6.07) is 11.5. The first-order valence-electron chi connectivity index (χ1n) is 9.42. The summed E-state index contributed by atoms with van der Waals surface area (Å²) in [6.07, 6.45) is 1.95. The third kappa shape index (κ3) is 3.38. The maximum atomic E-state index is 13.7. The summed E-state index contributed by atoms with van der Waals surface area (Å²) in [5.74, 6) is -1.14. The van der Waals surface area contributed by atoms with Gasteiger partial charge in [-0.15, -0.1) is 0 Å². The van der Waals surface area contributed by atoms with Crippen molar-refractivity contribution in [1.29, 1.82) is 0 Å². The lowest BCUT2D eigenvalue weighted by Crippen LogP contribution is -2.28. The Balaban J connectivity index is 1.56. The number of carbonyl (C=O) groups is 2. The van der Waals surface area contributed by atoms with Gasteiger partial charge in [-0.05, 0) is 62.1 Å². The number of esters is 1. The molecule has 4 rings (SSSR count). The van der Waals surface area contributed by atoms with E-state index in [0.29, 0.717) is 24.1 Å². The molecular weight excluding hydrogens is 359 g/mol. The number of para-hydroxylation sites is 1. The zero-order valence-corrected chi connectivity index (χ0v) is 15.5. The Bertz CT molecular complexity index is 1060. The van der Waals surface area contributed by atoms with E-state index in [1.165, 1.54) is 12.1 Å². The fraction of sp³-hybridized carbons (Fsp3) is 0.273. The second-order valence-electron chi connectivity index (χ2n) is 6.97. The van der Waals surface area contributed by atoms with Crippen LogP contribution in [0.5, 0.6) is 0 Å². The van der Waals surface area contributed by atoms with Gasteiger partial charge in [0.15, 0.2) is 0 Å². The predicted molar refractivity (Wildman–Crippen MR) is 105 cm³/mol. The molecule has 2 N–H and O–H groups in total. The molecule has 0 saturated heterocycles. The van der Waals surface area contributed by atoms with Crippen molar-refractivity contribution in [2.24, 2.45) is 5.92 Å². The summed E-state index contributed by atoms with van der Waals surface area (Å²) in [4.78, 5) is 28.3. The molecule has 0 spiro atoms. The molecule has 6 heteroatoms. The van der Waals surface area contributed by atoms with Crippen molar-refractivity contribution in [3.8, 4) is 0 Å². The molecule has 3 aromatic rings. The Kier molecular flexibility index (Phi) is 4.86. The fourth-order valence-corrected chi connectivity index (χ4v) is 3.83. The summed E-state index contributed by atoms with van der Waals surface area (Å²) < 4.78 is 18.7. The highest BCUT2D eigenvalue weighted by atomic mass is 19.1. The van der Waals surface area contributed by atoms with E-state index < -0.39 is 5.97 Å². The van der Waals surface area contributed by atoms with E-state index >= 15 is 0 Å². The first-order chi connectivity index (χ1) is 13.6. The van der Waals surface area contributed by atoms with Gasteiger partial charge in [-0.1, -0.05) is 12.1 Å². The van der Waals surface area contributed by atoms with Crippen LogP contribution in [-0.2, 0) is 22.4 Å². The van der Waals surface area contributed by atoms with Gasteiger partial charge in [0.1, 0.15) is 5.82 Å². The molecule has 0 saturated carbocycles. The predicted octanol–water partition coefficient (Wildman–Crippen LogP) is 4.23. The van der Waals surface area contributed by atoms with E-state index in [4.69, 9.17) is 4.74 Å². The average Bonchev–Trinajstić information content (AvgIpc) is 3.05. The summed E-state index contributed by atoms with van der Waals surface area (Å²) in [6.45, 7) is 2.01. The molecule has 144 valence electrons. The molecule has 0 radical (unpaired) electrons. The van der Waals surface area contributed by atoms with Gasteiger partial charge in [-0.2, -0.15) is 0 Å². The fourth-order valence-electron chi connectivity index (χ4n) is 3.83. The Labute approximate surface area is 161 Å². The number of nitrogens with one attached hydrogen (secondary N) is 2. The van der Waals surface area contributed by atoms with Crippen molar-refractivity contribution in [1.82, 2.24) is 4.98 Å². The van der Waals surface area contributed by atoms with Gasteiger partial charge < -0.3 is 15.0 Å². The van der Waals surface area contributed by atoms with E-state index in [1.807, 2.05) is 0 Å². The normalized spacial score (nSPS) is 15.9. The number of benzene rings is 2. The molecule has 1 heterocycles. The van der Waals surface area contributed by atoms with Crippen LogP contribution in [0.2, 0.25) is 0 Å². The minimum Gasteiger partial charge on any atom is -0.462 e. The molecule has 1 amide bonds. The number of amides is 1. The lowest BCUT2D eigenvalue weighted by molar-refractivity contribution is -0.120. The number of aromatic nitrogens is 1. The molecule has 1 atom stereocenters. The number of hydrogen-bond donors (Lipinski definition) is 2. The van der Waals surface area contributed by atoms with Crippen LogP contribution in [0, 0.1) is 11.7 Å². The highest BCUT2D eigenvalue weighted by Gasteiger charge is 2.28. The third-order valence-corrected chi connectivity index (χ3v) is 5.20. The van der Waals surface area contributed by atoms with E-state index in [9.17, 15) is 14.0 Å². The number of halogens is 1. The van der Waals surface area contributed by atoms with Crippen LogP contribution in [0.1, 0.15) is 35.0 Å². The number of rotatable bonds is 4. The Morgan fingerprint density at radius 1 is 1.25 bits per heavy atom. The zero-order chi connectivity index (χ0) is 19.7. The van der Waals surface area contributed by atoms with Crippen molar-refractivity contribution < 1.29 is 18.7 Å². The number of hydrogen-bond acceptors (Lipinski definition) is 3. The zero-order valence-electron chi connectivity index (χ0n) is 15.5. The molecule has 1 aliphatic carbocycles. The van der Waals surface area contributed by atoms with E-state index in [2.05, 4.69) is 10.3 Å². The largest absolute Gasteiger partial charge is 0.462 e. The van der Waals surface area contributed by atoms with Gasteiger partial charge in [-0.3, -0.25) is 4.79 Å². The molecule has 1 aliphatic rings. The molecular formula is C22H21FN2O3. The van der Waals surface area contributed by atoms with Crippen molar-refractivity contribution >= 4 is 28.5 Å². The van der Waals surface area contributed by atoms with Crippen molar-refractivity contribution in [2.45, 2.75) is 26.2 Å². The standard InChI is InChI=1S/C22H21FN2O3/c1-2-28-22(27)15-5-3-4-6-18(15)25-21(26)13-7-9-19-16(11-13)17-12-14(23)8-10-20(17)24-19/h3-6,8,10,12-13,24H,2,7,9,11H2,1H3,(H,25,26). The second kappa shape index (κ2) is 7.46. The highest BCUT2D eigenvalue weighted by molar-refractivity contribution is 6.02. The van der Waals surface area contributed by atoms with Crippen LogP contribution in [0.3, 0.4) is 0 Å². The van der Waals surface area contributed by atoms with Crippen LogP contribution in [0.25, 0.3) is 10.9 Å². The number of aryl methyl sites for hydroxylation is 1. The molecule has 1 unspecified atom stereocenters. The molecule has 5 nitrogen and oxygen atoms in total. The van der Waals surface area contributed by atoms with Crippen LogP contribution >= 0.6 is 0 Å². The summed E-state index contributed by atoms with van der Waals surface area (Å²) in [5.41, 5.74) is 3.74. The van der Waals surface area contributed by atoms with Crippen LogP contribution in [-0.4, -0.2) is 23.5 Å². The van der Waals surface area contributed by atoms with Gasteiger partial charge in [0.2, 0.25) is 5.91 Å².